The van der Waals surface area contributed by atoms with Crippen LogP contribution in [-0.2, 0) is 20.2 Å². The maximum atomic E-state index is 12.3. The minimum Gasteiger partial charge on any atom is -0.744 e. The second-order valence-corrected chi connectivity index (χ2v) is 13.3. The fourth-order valence-corrected chi connectivity index (χ4v) is 6.10. The Hall–Kier alpha value is -4.74. The first-order valence-electron chi connectivity index (χ1n) is 14.8. The van der Waals surface area contributed by atoms with Crippen LogP contribution in [-0.4, -0.2) is 55.8 Å². The molecule has 0 atom stereocenters. The summed E-state index contributed by atoms with van der Waals surface area (Å²) in [6.45, 7) is 0. The Morgan fingerprint density at radius 3 is 1.11 bits per heavy atom. The maximum Gasteiger partial charge on any atom is 1.00 e. The number of para-hydroxylation sites is 2. The van der Waals surface area contributed by atoms with Crippen molar-refractivity contribution in [3.8, 4) is 0 Å². The Kier molecular flexibility index (Phi) is 14.0. The normalized spacial score (nSPS) is 11.2. The van der Waals surface area contributed by atoms with Crippen LogP contribution in [0.15, 0.2) is 116 Å². The summed E-state index contributed by atoms with van der Waals surface area (Å²) < 4.78 is 73.6. The summed E-state index contributed by atoms with van der Waals surface area (Å²) in [5, 5.41) is 11.2. The molecule has 0 bridgehead atoms. The van der Waals surface area contributed by atoms with Crippen LogP contribution in [0.3, 0.4) is 0 Å². The zero-order chi connectivity index (χ0) is 36.9. The number of hydrogen-bond acceptors (Lipinski definition) is 16. The molecule has 0 amide bonds. The number of H-pyrrole nitrogens is 2. The number of rotatable bonds is 12. The van der Waals surface area contributed by atoms with Gasteiger partial charge in [-0.1, -0.05) is 60.7 Å². The summed E-state index contributed by atoms with van der Waals surface area (Å²) in [6.07, 6.45) is 2.28. The third-order valence-electron chi connectivity index (χ3n) is 6.91. The first-order chi connectivity index (χ1) is 24.8. The van der Waals surface area contributed by atoms with Gasteiger partial charge in [-0.3, -0.25) is 9.97 Å². The van der Waals surface area contributed by atoms with Crippen LogP contribution in [0, 0.1) is 0 Å². The van der Waals surface area contributed by atoms with Crippen molar-refractivity contribution in [1.29, 1.82) is 0 Å². The number of nitrogens with one attached hydrogen (secondary N) is 6. The van der Waals surface area contributed by atoms with Crippen LogP contribution in [0.2, 0.25) is 0 Å². The molecule has 4 aromatic carbocycles. The summed E-state index contributed by atoms with van der Waals surface area (Å²) in [6, 6.07) is 24.8. The van der Waals surface area contributed by atoms with Gasteiger partial charge in [0, 0.05) is 22.7 Å². The number of nitrogens with zero attached hydrogens (tertiary/aromatic N) is 4. The van der Waals surface area contributed by atoms with Gasteiger partial charge in [-0.05, 0) is 59.7 Å². The molecule has 0 aliphatic carbocycles. The van der Waals surface area contributed by atoms with Crippen LogP contribution < -0.4 is 91.8 Å². The largest absolute Gasteiger partial charge is 1.00 e. The summed E-state index contributed by atoms with van der Waals surface area (Å²) >= 11 is 0. The van der Waals surface area contributed by atoms with Gasteiger partial charge in [0.2, 0.25) is 23.8 Å². The van der Waals surface area contributed by atoms with Gasteiger partial charge in [0.15, 0.2) is 0 Å². The van der Waals surface area contributed by atoms with E-state index in [1.54, 1.807) is 60.7 Å². The number of hydrogen-bond donors (Lipinski definition) is 6. The zero-order valence-corrected chi connectivity index (χ0v) is 33.9. The second kappa shape index (κ2) is 18.1. The van der Waals surface area contributed by atoms with E-state index in [9.17, 15) is 35.5 Å². The molecule has 22 heteroatoms. The van der Waals surface area contributed by atoms with E-state index in [1.165, 1.54) is 24.3 Å². The van der Waals surface area contributed by atoms with Crippen molar-refractivity contribution in [2.45, 2.75) is 9.79 Å². The molecule has 54 heavy (non-hydrogen) atoms. The Balaban J connectivity index is 0.00000325. The van der Waals surface area contributed by atoms with Crippen LogP contribution in [0.25, 0.3) is 12.2 Å². The Morgan fingerprint density at radius 1 is 0.481 bits per heavy atom. The third kappa shape index (κ3) is 11.4. The van der Waals surface area contributed by atoms with Gasteiger partial charge >= 0.3 is 70.5 Å². The molecule has 0 spiro atoms. The molecule has 0 aliphatic heterocycles. The Bertz CT molecular complexity index is 2470. The minimum atomic E-state index is -5.11. The van der Waals surface area contributed by atoms with Crippen LogP contribution in [0.5, 0.6) is 0 Å². The van der Waals surface area contributed by atoms with Crippen molar-refractivity contribution >= 4 is 78.9 Å². The average molecular weight is 787 g/mol. The zero-order valence-electron chi connectivity index (χ0n) is 28.3. The predicted molar refractivity (Wildman–Crippen MR) is 189 cm³/mol. The first kappa shape index (κ1) is 42.0. The van der Waals surface area contributed by atoms with Gasteiger partial charge in [-0.2, -0.15) is 19.9 Å². The van der Waals surface area contributed by atoms with Gasteiger partial charge in [-0.15, -0.1) is 0 Å². The van der Waals surface area contributed by atoms with Gasteiger partial charge in [0.25, 0.3) is 0 Å². The maximum absolute atomic E-state index is 12.3. The molecule has 0 aliphatic rings. The van der Waals surface area contributed by atoms with E-state index in [1.807, 2.05) is 0 Å². The van der Waals surface area contributed by atoms with E-state index in [-0.39, 0.29) is 105 Å². The van der Waals surface area contributed by atoms with Crippen molar-refractivity contribution in [2.24, 2.45) is 0 Å². The quantitative estimate of drug-likeness (QED) is 0.0429. The van der Waals surface area contributed by atoms with Crippen molar-refractivity contribution in [1.82, 2.24) is 29.9 Å². The second-order valence-electron chi connectivity index (χ2n) is 10.6. The standard InChI is InChI=1S/C32H26N10O8S2.2Na/c43-31-39-27(33-21-7-3-1-4-8-21)37-29(41-31)35-23-15-13-19(25(17-23)51(45,46)47)11-12-20-14-16-24(18-26(20)52(48,49)50)36-30-38-28(40-32(44)42-30)34-22-9-5-2-6-10-22;;/h1-18H,(H,45,46,47)(H,48,49,50)(H3,33,35,37,39,41,43)(H3,34,36,38,40,42,44);;/q;2*+1/p-2. The van der Waals surface area contributed by atoms with Crippen molar-refractivity contribution in [2.75, 3.05) is 21.3 Å². The SMILES string of the molecule is O=c1nc(Nc2ccccc2)[nH]c(Nc2ccc(C=Cc3ccc(Nc4nc(=O)nc(Nc5ccccc5)[nH]4)cc3S(=O)(=O)[O-])c(S(=O)(=O)[O-])c2)n1.[Na+].[Na+]. The summed E-state index contributed by atoms with van der Waals surface area (Å²) in [5.41, 5.74) is -0.680. The fraction of sp³-hybridized carbons (Fsp3) is 0. The Morgan fingerprint density at radius 2 is 0.796 bits per heavy atom. The molecular formula is C32H24N10Na2O8S2. The molecule has 0 radical (unpaired) electrons. The van der Waals surface area contributed by atoms with E-state index < -0.39 is 41.4 Å². The van der Waals surface area contributed by atoms with Gasteiger partial charge in [-0.25, -0.2) is 26.4 Å². The Labute approximate surface area is 351 Å². The van der Waals surface area contributed by atoms with E-state index >= 15 is 0 Å². The summed E-state index contributed by atoms with van der Waals surface area (Å²) in [4.78, 5) is 43.3. The average Bonchev–Trinajstić information content (AvgIpc) is 3.07. The van der Waals surface area contributed by atoms with E-state index in [0.717, 1.165) is 24.3 Å². The molecule has 6 aromatic rings. The molecule has 2 aromatic heterocycles. The fourth-order valence-electron chi connectivity index (χ4n) is 4.71. The molecular weight excluding hydrogens is 763 g/mol. The smallest absolute Gasteiger partial charge is 0.744 e. The van der Waals surface area contributed by atoms with Gasteiger partial charge in [0.05, 0.1) is 9.79 Å². The molecule has 0 saturated carbocycles. The number of benzene rings is 4. The first-order valence-corrected chi connectivity index (χ1v) is 17.6. The van der Waals surface area contributed by atoms with Crippen LogP contribution in [0.4, 0.5) is 46.5 Å². The topological polar surface area (TPSA) is 280 Å². The van der Waals surface area contributed by atoms with Crippen LogP contribution >= 0.6 is 0 Å². The monoisotopic (exact) mass is 786 g/mol. The molecule has 18 nitrogen and oxygen atoms in total. The minimum absolute atomic E-state index is 0. The summed E-state index contributed by atoms with van der Waals surface area (Å²) in [7, 11) is -10.2. The van der Waals surface area contributed by atoms with E-state index in [4.69, 9.17) is 0 Å². The molecule has 0 fully saturated rings. The van der Waals surface area contributed by atoms with Gasteiger partial charge < -0.3 is 30.4 Å². The van der Waals surface area contributed by atoms with E-state index in [0.29, 0.717) is 11.4 Å². The van der Waals surface area contributed by atoms with E-state index in [2.05, 4.69) is 51.2 Å². The number of anilines is 8. The predicted octanol–water partition coefficient (Wildman–Crippen LogP) is -2.40. The van der Waals surface area contributed by atoms with Crippen molar-refractivity contribution in [3.05, 3.63) is 129 Å². The summed E-state index contributed by atoms with van der Waals surface area (Å²) in [5.74, 6) is -0.176. The van der Waals surface area contributed by atoms with Gasteiger partial charge in [0.1, 0.15) is 20.2 Å². The third-order valence-corrected chi connectivity index (χ3v) is 8.69. The molecule has 6 rings (SSSR count). The molecule has 0 saturated heterocycles. The molecule has 2 heterocycles. The molecule has 264 valence electrons. The molecule has 0 unspecified atom stereocenters. The number of aromatic amines is 2. The van der Waals surface area contributed by atoms with Crippen molar-refractivity contribution < 1.29 is 85.1 Å². The number of aromatic nitrogens is 6. The van der Waals surface area contributed by atoms with Crippen LogP contribution in [0.1, 0.15) is 11.1 Å². The molecule has 6 N–H and O–H groups in total. The van der Waals surface area contributed by atoms with Crippen molar-refractivity contribution in [3.63, 3.8) is 0 Å².